The van der Waals surface area contributed by atoms with Crippen LogP contribution in [-0.2, 0) is 10.4 Å². The van der Waals surface area contributed by atoms with Crippen LogP contribution in [-0.4, -0.2) is 22.8 Å². The van der Waals surface area contributed by atoms with Crippen LogP contribution in [0.3, 0.4) is 0 Å². The van der Waals surface area contributed by atoms with Gasteiger partial charge in [0.25, 0.3) is 11.5 Å². The van der Waals surface area contributed by atoms with Crippen molar-refractivity contribution < 1.29 is 22.8 Å². The highest BCUT2D eigenvalue weighted by Gasteiger charge is 2.62. The van der Waals surface area contributed by atoms with E-state index in [-0.39, 0.29) is 32.0 Å². The van der Waals surface area contributed by atoms with E-state index in [4.69, 9.17) is 39.6 Å². The lowest BCUT2D eigenvalue weighted by Crippen LogP contribution is -2.42. The van der Waals surface area contributed by atoms with Crippen molar-refractivity contribution in [3.8, 4) is 0 Å². The number of halogens is 6. The molecule has 1 aliphatic rings. The first kappa shape index (κ1) is 23.4. The molecule has 0 spiro atoms. The Bertz CT molecular complexity index is 1230. The third kappa shape index (κ3) is 4.78. The third-order valence-electron chi connectivity index (χ3n) is 4.96. The molecule has 2 aromatic carbocycles. The zero-order chi connectivity index (χ0) is 23.8. The molecule has 11 heteroatoms. The predicted octanol–water partition coefficient (Wildman–Crippen LogP) is 6.88. The molecule has 1 unspecified atom stereocenters. The first-order chi connectivity index (χ1) is 15.6. The van der Waals surface area contributed by atoms with E-state index in [0.29, 0.717) is 11.3 Å². The Morgan fingerprint density at radius 1 is 1.03 bits per heavy atom. The monoisotopic (exact) mass is 513 g/mol. The van der Waals surface area contributed by atoms with Gasteiger partial charge in [0.1, 0.15) is 5.15 Å². The van der Waals surface area contributed by atoms with Crippen LogP contribution < -0.4 is 5.32 Å². The number of pyridine rings is 1. The molecular weight excluding hydrogens is 502 g/mol. The fraction of sp³-hybridized carbons (Fsp3) is 0.136. The fourth-order valence-corrected chi connectivity index (χ4v) is 3.97. The summed E-state index contributed by atoms with van der Waals surface area (Å²) in [5.41, 5.74) is -1.99. The minimum atomic E-state index is -4.81. The summed E-state index contributed by atoms with van der Waals surface area (Å²) in [6, 6.07) is 12.8. The van der Waals surface area contributed by atoms with Crippen molar-refractivity contribution >= 4 is 52.1 Å². The molecule has 0 saturated carbocycles. The number of hydrogen-bond donors (Lipinski definition) is 1. The van der Waals surface area contributed by atoms with Crippen molar-refractivity contribution in [2.45, 2.75) is 18.2 Å². The van der Waals surface area contributed by atoms with Crippen molar-refractivity contribution in [3.63, 3.8) is 0 Å². The van der Waals surface area contributed by atoms with E-state index in [1.165, 1.54) is 30.5 Å². The number of amides is 1. The number of nitrogens with zero attached hydrogens (tertiary/aromatic N) is 2. The van der Waals surface area contributed by atoms with Crippen LogP contribution in [0.4, 0.5) is 18.9 Å². The highest BCUT2D eigenvalue weighted by atomic mass is 35.5. The summed E-state index contributed by atoms with van der Waals surface area (Å²) in [5, 5.41) is 6.71. The van der Waals surface area contributed by atoms with Gasteiger partial charge in [-0.3, -0.25) is 4.79 Å². The number of carbonyl (C=O) groups excluding carboxylic acids is 1. The van der Waals surface area contributed by atoms with Crippen LogP contribution >= 0.6 is 34.8 Å². The molecule has 1 amide bonds. The summed E-state index contributed by atoms with van der Waals surface area (Å²) in [5.74, 6) is -0.459. The normalized spacial score (nSPS) is 17.9. The van der Waals surface area contributed by atoms with Crippen molar-refractivity contribution in [3.05, 3.63) is 92.7 Å². The van der Waals surface area contributed by atoms with E-state index in [9.17, 15) is 18.0 Å². The zero-order valence-corrected chi connectivity index (χ0v) is 18.7. The molecule has 33 heavy (non-hydrogen) atoms. The molecule has 1 atom stereocenters. The van der Waals surface area contributed by atoms with Gasteiger partial charge >= 0.3 is 6.18 Å². The maximum Gasteiger partial charge on any atom is 0.435 e. The number of rotatable bonds is 4. The number of anilines is 1. The van der Waals surface area contributed by atoms with E-state index >= 15 is 0 Å². The Morgan fingerprint density at radius 2 is 1.76 bits per heavy atom. The van der Waals surface area contributed by atoms with Gasteiger partial charge in [0.05, 0.1) is 11.3 Å². The maximum absolute atomic E-state index is 14.2. The van der Waals surface area contributed by atoms with Crippen LogP contribution in [0.15, 0.2) is 65.9 Å². The standard InChI is InChI=1S/C22H13Cl3F3N3O2/c23-15-7-14(8-16(24)9-15)21(22(26,27)28)10-18(31-33-21)12-2-1-3-17(6-12)30-20(32)13-4-5-19(25)29-11-13/h1-9,11H,10H2,(H,30,32). The fourth-order valence-electron chi connectivity index (χ4n) is 3.34. The Kier molecular flexibility index (Phi) is 6.26. The van der Waals surface area contributed by atoms with Crippen molar-refractivity contribution in [1.82, 2.24) is 4.98 Å². The lowest BCUT2D eigenvalue weighted by Gasteiger charge is -2.29. The van der Waals surface area contributed by atoms with Gasteiger partial charge in [-0.1, -0.05) is 52.1 Å². The van der Waals surface area contributed by atoms with Gasteiger partial charge in [-0.25, -0.2) is 4.98 Å². The quantitative estimate of drug-likeness (QED) is 0.386. The largest absolute Gasteiger partial charge is 0.435 e. The van der Waals surface area contributed by atoms with E-state index in [2.05, 4.69) is 15.5 Å². The molecule has 1 N–H and O–H groups in total. The third-order valence-corrected chi connectivity index (χ3v) is 5.62. The van der Waals surface area contributed by atoms with Gasteiger partial charge in [-0.15, -0.1) is 0 Å². The summed E-state index contributed by atoms with van der Waals surface area (Å²) in [6.45, 7) is 0. The number of oxime groups is 1. The molecule has 1 aliphatic heterocycles. The van der Waals surface area contributed by atoms with Crippen LogP contribution in [0.25, 0.3) is 0 Å². The molecule has 1 aromatic heterocycles. The second-order valence-electron chi connectivity index (χ2n) is 7.19. The van der Waals surface area contributed by atoms with E-state index in [1.807, 2.05) is 0 Å². The second-order valence-corrected chi connectivity index (χ2v) is 8.45. The number of hydrogen-bond acceptors (Lipinski definition) is 4. The lowest BCUT2D eigenvalue weighted by molar-refractivity contribution is -0.275. The smallest absolute Gasteiger partial charge is 0.374 e. The van der Waals surface area contributed by atoms with Crippen molar-refractivity contribution in [2.75, 3.05) is 5.32 Å². The zero-order valence-electron chi connectivity index (χ0n) is 16.5. The Morgan fingerprint density at radius 3 is 2.39 bits per heavy atom. The maximum atomic E-state index is 14.2. The molecule has 5 nitrogen and oxygen atoms in total. The van der Waals surface area contributed by atoms with Gasteiger partial charge in [0, 0.05) is 39.5 Å². The summed E-state index contributed by atoms with van der Waals surface area (Å²) in [6.07, 6.45) is -4.10. The minimum Gasteiger partial charge on any atom is -0.374 e. The summed E-state index contributed by atoms with van der Waals surface area (Å²) >= 11 is 17.6. The molecular formula is C22H13Cl3F3N3O2. The van der Waals surface area contributed by atoms with Crippen molar-refractivity contribution in [2.24, 2.45) is 5.16 Å². The molecule has 0 aliphatic carbocycles. The Labute approximate surface area is 201 Å². The van der Waals surface area contributed by atoms with Crippen LogP contribution in [0.5, 0.6) is 0 Å². The van der Waals surface area contributed by atoms with Gasteiger partial charge in [-0.2, -0.15) is 13.2 Å². The molecule has 0 bridgehead atoms. The molecule has 0 saturated heterocycles. The van der Waals surface area contributed by atoms with Gasteiger partial charge in [0.15, 0.2) is 0 Å². The average Bonchev–Trinajstić information content (AvgIpc) is 3.21. The van der Waals surface area contributed by atoms with E-state index < -0.39 is 24.1 Å². The van der Waals surface area contributed by atoms with E-state index in [0.717, 1.165) is 12.1 Å². The first-order valence-corrected chi connectivity index (χ1v) is 10.5. The molecule has 170 valence electrons. The molecule has 0 fully saturated rings. The summed E-state index contributed by atoms with van der Waals surface area (Å²) in [4.78, 5) is 21.3. The summed E-state index contributed by atoms with van der Waals surface area (Å²) < 4.78 is 42.5. The SMILES string of the molecule is O=C(Nc1cccc(C2=NOC(c3cc(Cl)cc(Cl)c3)(C(F)(F)F)C2)c1)c1ccc(Cl)nc1. The van der Waals surface area contributed by atoms with Crippen LogP contribution in [0.2, 0.25) is 15.2 Å². The second kappa shape index (κ2) is 8.85. The molecule has 4 rings (SSSR count). The molecule has 2 heterocycles. The highest BCUT2D eigenvalue weighted by molar-refractivity contribution is 6.34. The van der Waals surface area contributed by atoms with Gasteiger partial charge in [-0.05, 0) is 42.5 Å². The van der Waals surface area contributed by atoms with Crippen molar-refractivity contribution in [1.29, 1.82) is 0 Å². The number of benzene rings is 2. The van der Waals surface area contributed by atoms with Gasteiger partial charge in [0.2, 0.25) is 0 Å². The highest BCUT2D eigenvalue weighted by Crippen LogP contribution is 2.49. The number of aromatic nitrogens is 1. The number of alkyl halides is 3. The Balaban J connectivity index is 1.60. The van der Waals surface area contributed by atoms with E-state index in [1.54, 1.807) is 18.2 Å². The predicted molar refractivity (Wildman–Crippen MR) is 120 cm³/mol. The lowest BCUT2D eigenvalue weighted by atomic mass is 9.86. The van der Waals surface area contributed by atoms with Gasteiger partial charge < -0.3 is 10.2 Å². The average molecular weight is 515 g/mol. The van der Waals surface area contributed by atoms with Crippen LogP contribution in [0, 0.1) is 0 Å². The molecule has 3 aromatic rings. The first-order valence-electron chi connectivity index (χ1n) is 9.39. The summed E-state index contributed by atoms with van der Waals surface area (Å²) in [7, 11) is 0. The molecule has 0 radical (unpaired) electrons. The minimum absolute atomic E-state index is 0.0413. The topological polar surface area (TPSA) is 63.6 Å². The number of carbonyl (C=O) groups is 1. The number of nitrogens with one attached hydrogen (secondary N) is 1. The van der Waals surface area contributed by atoms with Crippen LogP contribution in [0.1, 0.15) is 27.9 Å². The Hall–Kier alpha value is -2.81.